The van der Waals surface area contributed by atoms with Gasteiger partial charge in [-0.05, 0) is 55.5 Å². The molecule has 0 aliphatic rings. The van der Waals surface area contributed by atoms with Crippen LogP contribution in [0.3, 0.4) is 0 Å². The highest BCUT2D eigenvalue weighted by molar-refractivity contribution is 5.89. The smallest absolute Gasteiger partial charge is 0.419 e. The lowest BCUT2D eigenvalue weighted by Crippen LogP contribution is -2.32. The summed E-state index contributed by atoms with van der Waals surface area (Å²) in [5.74, 6) is 0.269. The molecular weight excluding hydrogens is 553 g/mol. The van der Waals surface area contributed by atoms with Gasteiger partial charge in [0.05, 0.1) is 36.3 Å². The maximum absolute atomic E-state index is 13.5. The number of hydrogen-bond donors (Lipinski definition) is 3. The predicted molar refractivity (Wildman–Crippen MR) is 149 cm³/mol. The van der Waals surface area contributed by atoms with Gasteiger partial charge in [0.1, 0.15) is 12.4 Å². The van der Waals surface area contributed by atoms with E-state index in [-0.39, 0.29) is 24.7 Å². The summed E-state index contributed by atoms with van der Waals surface area (Å²) in [6.45, 7) is 2.09. The van der Waals surface area contributed by atoms with Gasteiger partial charge >= 0.3 is 12.2 Å². The first kappa shape index (κ1) is 28.1. The minimum absolute atomic E-state index is 0.176. The standard InChI is InChI=1S/C28H25F3N8O3/c1-16-25(18-13-20(28(29,30)31)26(32)35-15-18)39-24(36-16)6-4-21(38-39)17-3-5-22(23(14-17)41-2)42-12-11-34-27(40)37-19-7-9-33-10-8-19/h3-10,13-15H,11-12H2,1-2H3,(H2,32,35)(H2,33,34,37,40). The van der Waals surface area contributed by atoms with Gasteiger partial charge in [-0.15, -0.1) is 0 Å². The highest BCUT2D eigenvalue weighted by Crippen LogP contribution is 2.36. The van der Waals surface area contributed by atoms with E-state index in [0.29, 0.717) is 45.5 Å². The number of imidazole rings is 1. The summed E-state index contributed by atoms with van der Waals surface area (Å²) in [7, 11) is 1.49. The third-order valence-corrected chi connectivity index (χ3v) is 6.19. The van der Waals surface area contributed by atoms with Crippen molar-refractivity contribution in [1.29, 1.82) is 0 Å². The Kier molecular flexibility index (Phi) is 7.78. The first-order valence-corrected chi connectivity index (χ1v) is 12.6. The summed E-state index contributed by atoms with van der Waals surface area (Å²) in [4.78, 5) is 24.1. The molecule has 4 heterocycles. The number of anilines is 2. The molecule has 1 aromatic carbocycles. The SMILES string of the molecule is COc1cc(-c2ccc3nc(C)c(-c4cnc(N)c(C(F)(F)F)c4)n3n2)ccc1OCCNC(=O)Nc1ccncc1. The highest BCUT2D eigenvalue weighted by Gasteiger charge is 2.34. The van der Waals surface area contributed by atoms with Crippen LogP contribution in [0.25, 0.3) is 28.2 Å². The highest BCUT2D eigenvalue weighted by atomic mass is 19.4. The number of amides is 2. The number of benzene rings is 1. The van der Waals surface area contributed by atoms with Crippen LogP contribution in [0, 0.1) is 6.92 Å². The lowest BCUT2D eigenvalue weighted by atomic mass is 10.1. The van der Waals surface area contributed by atoms with Crippen molar-refractivity contribution in [2.24, 2.45) is 0 Å². The number of nitrogens with zero attached hydrogens (tertiary/aromatic N) is 5. The van der Waals surface area contributed by atoms with Gasteiger partial charge < -0.3 is 25.8 Å². The largest absolute Gasteiger partial charge is 0.493 e. The van der Waals surface area contributed by atoms with Crippen molar-refractivity contribution in [3.05, 3.63) is 78.4 Å². The van der Waals surface area contributed by atoms with Crippen LogP contribution in [0.4, 0.5) is 29.5 Å². The maximum atomic E-state index is 13.5. The minimum Gasteiger partial charge on any atom is -0.493 e. The van der Waals surface area contributed by atoms with Crippen LogP contribution in [0.15, 0.2) is 67.1 Å². The maximum Gasteiger partial charge on any atom is 0.419 e. The van der Waals surface area contributed by atoms with Crippen LogP contribution in [0.2, 0.25) is 0 Å². The van der Waals surface area contributed by atoms with E-state index in [1.807, 2.05) is 0 Å². The van der Waals surface area contributed by atoms with E-state index >= 15 is 0 Å². The van der Waals surface area contributed by atoms with Crippen LogP contribution in [0.5, 0.6) is 11.5 Å². The number of nitrogens with one attached hydrogen (secondary N) is 2. The van der Waals surface area contributed by atoms with Crippen LogP contribution in [-0.2, 0) is 6.18 Å². The van der Waals surface area contributed by atoms with Gasteiger partial charge in [-0.25, -0.2) is 19.3 Å². The number of halogens is 3. The average molecular weight is 579 g/mol. The minimum atomic E-state index is -4.66. The van der Waals surface area contributed by atoms with E-state index in [9.17, 15) is 18.0 Å². The number of nitrogens with two attached hydrogens (primary N) is 1. The van der Waals surface area contributed by atoms with Crippen LogP contribution >= 0.6 is 0 Å². The molecule has 5 aromatic rings. The van der Waals surface area contributed by atoms with Gasteiger partial charge in [-0.1, -0.05) is 0 Å². The zero-order valence-corrected chi connectivity index (χ0v) is 22.4. The Bertz CT molecular complexity index is 1740. The second-order valence-corrected chi connectivity index (χ2v) is 9.02. The molecule has 5 rings (SSSR count). The van der Waals surface area contributed by atoms with E-state index in [4.69, 9.17) is 15.2 Å². The molecule has 4 N–H and O–H groups in total. The number of carbonyl (C=O) groups is 1. The number of nitrogen functional groups attached to an aromatic ring is 1. The van der Waals surface area contributed by atoms with Crippen LogP contribution in [-0.4, -0.2) is 50.9 Å². The number of hydrogen-bond acceptors (Lipinski definition) is 8. The third-order valence-electron chi connectivity index (χ3n) is 6.19. The van der Waals surface area contributed by atoms with E-state index in [2.05, 4.69) is 30.7 Å². The summed E-state index contributed by atoms with van der Waals surface area (Å²) in [6.07, 6.45) is -0.255. The Labute approximate surface area is 237 Å². The molecule has 0 saturated heterocycles. The molecule has 14 heteroatoms. The number of pyridine rings is 2. The van der Waals surface area contributed by atoms with Crippen molar-refractivity contribution in [2.45, 2.75) is 13.1 Å². The molecule has 2 amide bonds. The van der Waals surface area contributed by atoms with Gasteiger partial charge in [0.25, 0.3) is 0 Å². The molecule has 4 aromatic heterocycles. The molecule has 0 bridgehead atoms. The zero-order chi connectivity index (χ0) is 29.9. The molecule has 0 radical (unpaired) electrons. The number of alkyl halides is 3. The second-order valence-electron chi connectivity index (χ2n) is 9.02. The Morgan fingerprint density at radius 2 is 1.83 bits per heavy atom. The number of aromatic nitrogens is 5. The second kappa shape index (κ2) is 11.6. The molecular formula is C28H25F3N8O3. The van der Waals surface area contributed by atoms with Crippen LogP contribution < -0.4 is 25.8 Å². The lowest BCUT2D eigenvalue weighted by molar-refractivity contribution is -0.137. The Hall–Kier alpha value is -5.40. The van der Waals surface area contributed by atoms with E-state index in [1.165, 1.54) is 17.8 Å². The molecule has 0 saturated carbocycles. The fourth-order valence-electron chi connectivity index (χ4n) is 4.24. The summed E-state index contributed by atoms with van der Waals surface area (Å²) in [6, 6.07) is 12.6. The molecule has 0 atom stereocenters. The van der Waals surface area contributed by atoms with Crippen molar-refractivity contribution in [2.75, 3.05) is 31.3 Å². The molecule has 42 heavy (non-hydrogen) atoms. The van der Waals surface area contributed by atoms with E-state index in [0.717, 1.165) is 6.07 Å². The van der Waals surface area contributed by atoms with Gasteiger partial charge in [0.15, 0.2) is 17.1 Å². The Balaban J connectivity index is 1.34. The molecule has 0 aliphatic heterocycles. The average Bonchev–Trinajstić information content (AvgIpc) is 3.30. The number of methoxy groups -OCH3 is 1. The first-order valence-electron chi connectivity index (χ1n) is 12.6. The van der Waals surface area contributed by atoms with Crippen molar-refractivity contribution in [3.63, 3.8) is 0 Å². The number of rotatable bonds is 8. The van der Waals surface area contributed by atoms with Gasteiger partial charge in [0.2, 0.25) is 0 Å². The monoisotopic (exact) mass is 578 g/mol. The number of aryl methyl sites for hydroxylation is 1. The number of carbonyl (C=O) groups excluding carboxylic acids is 1. The number of fused-ring (bicyclic) bond motifs is 1. The zero-order valence-electron chi connectivity index (χ0n) is 22.4. The lowest BCUT2D eigenvalue weighted by Gasteiger charge is -2.13. The fourth-order valence-corrected chi connectivity index (χ4v) is 4.24. The summed E-state index contributed by atoms with van der Waals surface area (Å²) < 4.78 is 53.2. The van der Waals surface area contributed by atoms with E-state index in [1.54, 1.807) is 61.8 Å². The summed E-state index contributed by atoms with van der Waals surface area (Å²) in [5.41, 5.74) is 7.70. The van der Waals surface area contributed by atoms with Gasteiger partial charge in [-0.3, -0.25) is 4.98 Å². The Morgan fingerprint density at radius 1 is 1.05 bits per heavy atom. The number of urea groups is 1. The molecule has 11 nitrogen and oxygen atoms in total. The molecule has 0 fully saturated rings. The molecule has 0 unspecified atom stereocenters. The van der Waals surface area contributed by atoms with Crippen molar-refractivity contribution >= 4 is 23.2 Å². The third kappa shape index (κ3) is 6.01. The number of ether oxygens (including phenoxy) is 2. The molecule has 0 spiro atoms. The summed E-state index contributed by atoms with van der Waals surface area (Å²) >= 11 is 0. The van der Waals surface area contributed by atoms with Gasteiger partial charge in [0, 0.05) is 35.4 Å². The molecule has 0 aliphatic carbocycles. The van der Waals surface area contributed by atoms with Crippen molar-refractivity contribution in [1.82, 2.24) is 29.9 Å². The van der Waals surface area contributed by atoms with Gasteiger partial charge in [-0.2, -0.15) is 18.3 Å². The molecule has 216 valence electrons. The predicted octanol–water partition coefficient (Wildman–Crippen LogP) is 4.97. The van der Waals surface area contributed by atoms with Crippen LogP contribution in [0.1, 0.15) is 11.3 Å². The summed E-state index contributed by atoms with van der Waals surface area (Å²) in [5, 5.41) is 10.0. The first-order chi connectivity index (χ1) is 20.1. The fraction of sp³-hybridized carbons (Fsp3) is 0.179. The topological polar surface area (TPSA) is 142 Å². The normalized spacial score (nSPS) is 11.4. The Morgan fingerprint density at radius 3 is 2.57 bits per heavy atom. The van der Waals surface area contributed by atoms with E-state index < -0.39 is 17.6 Å². The quantitative estimate of drug-likeness (QED) is 0.219. The van der Waals surface area contributed by atoms with Crippen molar-refractivity contribution < 1.29 is 27.4 Å². The van der Waals surface area contributed by atoms with Crippen molar-refractivity contribution in [3.8, 4) is 34.0 Å².